The largest absolute Gasteiger partial charge is 0.329 e. The van der Waals surface area contributed by atoms with Crippen LogP contribution in [0.1, 0.15) is 32.1 Å². The van der Waals surface area contributed by atoms with Crippen LogP contribution in [-0.2, 0) is 0 Å². The van der Waals surface area contributed by atoms with E-state index >= 15 is 0 Å². The van der Waals surface area contributed by atoms with E-state index in [1.165, 1.54) is 38.6 Å². The molecule has 0 amide bonds. The summed E-state index contributed by atoms with van der Waals surface area (Å²) in [4.78, 5) is 2.62. The summed E-state index contributed by atoms with van der Waals surface area (Å²) in [6.07, 6.45) is 7.16. The lowest BCUT2D eigenvalue weighted by molar-refractivity contribution is 0.0589. The fourth-order valence-electron chi connectivity index (χ4n) is 2.65. The lowest BCUT2D eigenvalue weighted by Gasteiger charge is -2.46. The number of hydrogen-bond donors (Lipinski definition) is 1. The summed E-state index contributed by atoms with van der Waals surface area (Å²) in [5.74, 6) is 0. The third kappa shape index (κ3) is 2.30. The van der Waals surface area contributed by atoms with Crippen molar-refractivity contribution in [2.24, 2.45) is 5.73 Å². The third-order valence-corrected chi connectivity index (χ3v) is 3.42. The van der Waals surface area contributed by atoms with Crippen LogP contribution in [-0.4, -0.2) is 30.1 Å². The lowest BCUT2D eigenvalue weighted by atomic mass is 9.75. The van der Waals surface area contributed by atoms with Crippen molar-refractivity contribution in [2.45, 2.75) is 37.6 Å². The first-order chi connectivity index (χ1) is 5.37. The molecule has 0 unspecified atom stereocenters. The summed E-state index contributed by atoms with van der Waals surface area (Å²) in [6.45, 7) is 3.26. The Morgan fingerprint density at radius 1 is 1.08 bits per heavy atom. The monoisotopic (exact) mass is 226 g/mol. The van der Waals surface area contributed by atoms with Gasteiger partial charge in [0, 0.05) is 18.6 Å². The maximum atomic E-state index is 5.57. The van der Waals surface area contributed by atoms with Crippen molar-refractivity contribution in [1.29, 1.82) is 0 Å². The number of likely N-dealkylation sites (tertiary alicyclic amines) is 1. The van der Waals surface area contributed by atoms with Crippen molar-refractivity contribution in [3.8, 4) is 0 Å². The Bertz CT molecular complexity index is 149. The minimum atomic E-state index is 0. The third-order valence-electron chi connectivity index (χ3n) is 3.42. The maximum absolute atomic E-state index is 5.57. The Morgan fingerprint density at radius 3 is 2.15 bits per heavy atom. The van der Waals surface area contributed by atoms with Gasteiger partial charge < -0.3 is 5.73 Å². The Balaban J connectivity index is 0.000000720. The molecular formula is C9H20Cl2N2. The van der Waals surface area contributed by atoms with Gasteiger partial charge in [0.25, 0.3) is 0 Å². The summed E-state index contributed by atoms with van der Waals surface area (Å²) in [5, 5.41) is 0. The zero-order chi connectivity index (χ0) is 7.73. The molecule has 0 aromatic rings. The Kier molecular flexibility index (Phi) is 5.61. The SMILES string of the molecule is Cl.Cl.NCCN1CCCC12CCC2. The highest BCUT2D eigenvalue weighted by atomic mass is 35.5. The summed E-state index contributed by atoms with van der Waals surface area (Å²) < 4.78 is 0. The summed E-state index contributed by atoms with van der Waals surface area (Å²) in [6, 6.07) is 0. The van der Waals surface area contributed by atoms with E-state index < -0.39 is 0 Å². The van der Waals surface area contributed by atoms with Gasteiger partial charge in [0.05, 0.1) is 0 Å². The fourth-order valence-corrected chi connectivity index (χ4v) is 2.65. The van der Waals surface area contributed by atoms with Crippen LogP contribution in [0.15, 0.2) is 0 Å². The second-order valence-electron chi connectivity index (χ2n) is 3.96. The highest BCUT2D eigenvalue weighted by Gasteiger charge is 2.44. The molecule has 1 saturated carbocycles. The minimum Gasteiger partial charge on any atom is -0.329 e. The molecule has 1 saturated heterocycles. The predicted octanol–water partition coefficient (Wildman–Crippen LogP) is 1.81. The number of nitrogens with two attached hydrogens (primary N) is 1. The van der Waals surface area contributed by atoms with E-state index in [4.69, 9.17) is 5.73 Å². The topological polar surface area (TPSA) is 29.3 Å². The van der Waals surface area contributed by atoms with Crippen molar-refractivity contribution >= 4 is 24.8 Å². The molecule has 0 aromatic carbocycles. The molecule has 0 bridgehead atoms. The van der Waals surface area contributed by atoms with Crippen LogP contribution < -0.4 is 5.73 Å². The van der Waals surface area contributed by atoms with E-state index in [9.17, 15) is 0 Å². The number of rotatable bonds is 2. The smallest absolute Gasteiger partial charge is 0.0210 e. The standard InChI is InChI=1S/C9H18N2.2ClH/c10-6-8-11-7-2-5-9(11)3-1-4-9;;/h1-8,10H2;2*1H. The van der Waals surface area contributed by atoms with Crippen molar-refractivity contribution in [3.05, 3.63) is 0 Å². The number of hydrogen-bond acceptors (Lipinski definition) is 2. The fraction of sp³-hybridized carbons (Fsp3) is 1.00. The van der Waals surface area contributed by atoms with Crippen LogP contribution in [0.2, 0.25) is 0 Å². The van der Waals surface area contributed by atoms with E-state index in [0.717, 1.165) is 13.1 Å². The molecule has 2 rings (SSSR count). The van der Waals surface area contributed by atoms with E-state index in [1.807, 2.05) is 0 Å². The molecule has 1 spiro atoms. The van der Waals surface area contributed by atoms with Gasteiger partial charge in [0.1, 0.15) is 0 Å². The van der Waals surface area contributed by atoms with Gasteiger partial charge in [-0.3, -0.25) is 4.90 Å². The Morgan fingerprint density at radius 2 is 1.69 bits per heavy atom. The van der Waals surface area contributed by atoms with Gasteiger partial charge in [0.2, 0.25) is 0 Å². The first-order valence-electron chi connectivity index (χ1n) is 4.82. The average Bonchev–Trinajstić information content (AvgIpc) is 2.31. The number of nitrogens with zero attached hydrogens (tertiary/aromatic N) is 1. The molecule has 2 fully saturated rings. The average molecular weight is 227 g/mol. The van der Waals surface area contributed by atoms with Crippen molar-refractivity contribution in [2.75, 3.05) is 19.6 Å². The van der Waals surface area contributed by atoms with Crippen molar-refractivity contribution in [3.63, 3.8) is 0 Å². The first-order valence-corrected chi connectivity index (χ1v) is 4.82. The van der Waals surface area contributed by atoms with E-state index in [0.29, 0.717) is 5.54 Å². The van der Waals surface area contributed by atoms with Crippen LogP contribution in [0.25, 0.3) is 0 Å². The normalized spacial score (nSPS) is 24.7. The second kappa shape index (κ2) is 5.40. The molecular weight excluding hydrogens is 207 g/mol. The maximum Gasteiger partial charge on any atom is 0.0210 e. The zero-order valence-corrected chi connectivity index (χ0v) is 9.63. The van der Waals surface area contributed by atoms with Crippen LogP contribution >= 0.6 is 24.8 Å². The lowest BCUT2D eigenvalue weighted by Crippen LogP contribution is -2.50. The van der Waals surface area contributed by atoms with Crippen LogP contribution in [0.4, 0.5) is 0 Å². The highest BCUT2D eigenvalue weighted by molar-refractivity contribution is 5.85. The van der Waals surface area contributed by atoms with Crippen LogP contribution in [0.3, 0.4) is 0 Å². The van der Waals surface area contributed by atoms with Crippen LogP contribution in [0, 0.1) is 0 Å². The molecule has 2 N–H and O–H groups in total. The number of halogens is 2. The second-order valence-corrected chi connectivity index (χ2v) is 3.96. The minimum absolute atomic E-state index is 0. The zero-order valence-electron chi connectivity index (χ0n) is 8.00. The summed E-state index contributed by atoms with van der Waals surface area (Å²) >= 11 is 0. The molecule has 13 heavy (non-hydrogen) atoms. The molecule has 0 radical (unpaired) electrons. The van der Waals surface area contributed by atoms with Gasteiger partial charge in [-0.15, -0.1) is 24.8 Å². The molecule has 0 atom stereocenters. The molecule has 1 heterocycles. The van der Waals surface area contributed by atoms with Gasteiger partial charge in [-0.1, -0.05) is 0 Å². The molecule has 0 aromatic heterocycles. The van der Waals surface area contributed by atoms with Gasteiger partial charge in [-0.05, 0) is 38.6 Å². The highest BCUT2D eigenvalue weighted by Crippen LogP contribution is 2.44. The summed E-state index contributed by atoms with van der Waals surface area (Å²) in [7, 11) is 0. The summed E-state index contributed by atoms with van der Waals surface area (Å²) in [5.41, 5.74) is 6.20. The van der Waals surface area contributed by atoms with Gasteiger partial charge >= 0.3 is 0 Å². The Hall–Kier alpha value is 0.500. The van der Waals surface area contributed by atoms with Crippen LogP contribution in [0.5, 0.6) is 0 Å². The Labute approximate surface area is 93.1 Å². The van der Waals surface area contributed by atoms with Crippen molar-refractivity contribution < 1.29 is 0 Å². The van der Waals surface area contributed by atoms with Gasteiger partial charge in [-0.25, -0.2) is 0 Å². The first kappa shape index (κ1) is 13.5. The molecule has 4 heteroatoms. The van der Waals surface area contributed by atoms with E-state index in [2.05, 4.69) is 4.90 Å². The quantitative estimate of drug-likeness (QED) is 0.779. The molecule has 1 aliphatic carbocycles. The van der Waals surface area contributed by atoms with Gasteiger partial charge in [0.15, 0.2) is 0 Å². The molecule has 2 nitrogen and oxygen atoms in total. The molecule has 80 valence electrons. The predicted molar refractivity (Wildman–Crippen MR) is 60.9 cm³/mol. The van der Waals surface area contributed by atoms with Gasteiger partial charge in [-0.2, -0.15) is 0 Å². The van der Waals surface area contributed by atoms with Crippen molar-refractivity contribution in [1.82, 2.24) is 4.90 Å². The van der Waals surface area contributed by atoms with E-state index in [-0.39, 0.29) is 24.8 Å². The molecule has 2 aliphatic rings. The van der Waals surface area contributed by atoms with E-state index in [1.54, 1.807) is 0 Å². The molecule has 1 aliphatic heterocycles.